The number of carbonyl (C=O) groups is 3. The third kappa shape index (κ3) is 4.77. The van der Waals surface area contributed by atoms with E-state index in [1.807, 2.05) is 0 Å². The summed E-state index contributed by atoms with van der Waals surface area (Å²) in [6, 6.07) is 1.64. The lowest BCUT2D eigenvalue weighted by molar-refractivity contribution is -0.149. The van der Waals surface area contributed by atoms with Gasteiger partial charge in [-0.1, -0.05) is 0 Å². The van der Waals surface area contributed by atoms with Crippen LogP contribution >= 0.6 is 43.2 Å². The molecule has 0 bridgehead atoms. The third-order valence-corrected chi connectivity index (χ3v) is 6.79. The van der Waals surface area contributed by atoms with Crippen molar-refractivity contribution < 1.29 is 23.9 Å². The van der Waals surface area contributed by atoms with E-state index in [0.717, 1.165) is 8.26 Å². The molecule has 1 aromatic heterocycles. The van der Waals surface area contributed by atoms with Crippen molar-refractivity contribution in [1.29, 1.82) is 0 Å². The van der Waals surface area contributed by atoms with Gasteiger partial charge >= 0.3 is 11.9 Å². The standard InChI is InChI=1S/C14H15Br2NO5S/c1-21-13(19)8-2-4-17(5-3-8)11(18)7-22-14(20)10-6-9(15)12(16)23-10/h6,8H,2-5,7H2,1H3. The summed E-state index contributed by atoms with van der Waals surface area (Å²) in [7, 11) is 1.36. The molecule has 0 atom stereocenters. The summed E-state index contributed by atoms with van der Waals surface area (Å²) in [6.07, 6.45) is 1.13. The second-order valence-corrected chi connectivity index (χ2v) is 8.21. The maximum atomic E-state index is 12.1. The molecule has 0 unspecified atom stereocenters. The second kappa shape index (κ2) is 8.25. The lowest BCUT2D eigenvalue weighted by atomic mass is 9.97. The molecule has 1 aliphatic rings. The van der Waals surface area contributed by atoms with Crippen LogP contribution in [0.4, 0.5) is 0 Å². The van der Waals surface area contributed by atoms with E-state index in [4.69, 9.17) is 9.47 Å². The van der Waals surface area contributed by atoms with E-state index >= 15 is 0 Å². The SMILES string of the molecule is COC(=O)C1CCN(C(=O)COC(=O)c2cc(Br)c(Br)s2)CC1. The molecule has 1 saturated heterocycles. The van der Waals surface area contributed by atoms with Gasteiger partial charge in [0.15, 0.2) is 6.61 Å². The summed E-state index contributed by atoms with van der Waals surface area (Å²) in [6.45, 7) is 0.632. The second-order valence-electron chi connectivity index (χ2n) is 4.99. The van der Waals surface area contributed by atoms with Crippen molar-refractivity contribution in [3.63, 3.8) is 0 Å². The number of amides is 1. The Labute approximate surface area is 154 Å². The summed E-state index contributed by atoms with van der Waals surface area (Å²) in [5.74, 6) is -1.18. The summed E-state index contributed by atoms with van der Waals surface area (Å²) in [5, 5.41) is 0. The van der Waals surface area contributed by atoms with Gasteiger partial charge in [-0.15, -0.1) is 11.3 Å². The number of esters is 2. The Balaban J connectivity index is 1.79. The molecule has 0 spiro atoms. The van der Waals surface area contributed by atoms with Crippen molar-refractivity contribution in [2.75, 3.05) is 26.8 Å². The van der Waals surface area contributed by atoms with E-state index in [2.05, 4.69) is 31.9 Å². The number of hydrogen-bond acceptors (Lipinski definition) is 6. The number of halogens is 2. The number of thiophene rings is 1. The molecule has 9 heteroatoms. The number of nitrogens with zero attached hydrogens (tertiary/aromatic N) is 1. The van der Waals surface area contributed by atoms with Gasteiger partial charge < -0.3 is 14.4 Å². The highest BCUT2D eigenvalue weighted by molar-refractivity contribution is 9.13. The predicted molar refractivity (Wildman–Crippen MR) is 91.3 cm³/mol. The van der Waals surface area contributed by atoms with Gasteiger partial charge in [-0.3, -0.25) is 9.59 Å². The van der Waals surface area contributed by atoms with Gasteiger partial charge in [0.05, 0.1) is 16.8 Å². The quantitative estimate of drug-likeness (QED) is 0.635. The molecule has 0 aliphatic carbocycles. The predicted octanol–water partition coefficient (Wildman–Crippen LogP) is 2.84. The molecule has 6 nitrogen and oxygen atoms in total. The molecule has 2 heterocycles. The molecule has 1 amide bonds. The van der Waals surface area contributed by atoms with Crippen molar-refractivity contribution >= 4 is 61.0 Å². The fraction of sp³-hybridized carbons (Fsp3) is 0.500. The first-order chi connectivity index (χ1) is 10.9. The average molecular weight is 469 g/mol. The summed E-state index contributed by atoms with van der Waals surface area (Å²) in [4.78, 5) is 37.4. The highest BCUT2D eigenvalue weighted by atomic mass is 79.9. The van der Waals surface area contributed by atoms with E-state index in [-0.39, 0.29) is 24.4 Å². The maximum Gasteiger partial charge on any atom is 0.348 e. The highest BCUT2D eigenvalue weighted by Gasteiger charge is 2.28. The molecule has 23 heavy (non-hydrogen) atoms. The molecule has 2 rings (SSSR count). The maximum absolute atomic E-state index is 12.1. The first-order valence-corrected chi connectivity index (χ1v) is 9.30. The molecule has 1 aliphatic heterocycles. The minimum Gasteiger partial charge on any atom is -0.469 e. The summed E-state index contributed by atoms with van der Waals surface area (Å²) in [5.41, 5.74) is 0. The number of likely N-dealkylation sites (tertiary alicyclic amines) is 1. The fourth-order valence-electron chi connectivity index (χ4n) is 2.27. The number of ether oxygens (including phenoxy) is 2. The Hall–Kier alpha value is -0.930. The highest BCUT2D eigenvalue weighted by Crippen LogP contribution is 2.32. The van der Waals surface area contributed by atoms with Gasteiger partial charge in [-0.2, -0.15) is 0 Å². The zero-order chi connectivity index (χ0) is 17.0. The molecule has 0 aromatic carbocycles. The van der Waals surface area contributed by atoms with Crippen molar-refractivity contribution in [3.8, 4) is 0 Å². The average Bonchev–Trinajstić information content (AvgIpc) is 2.91. The molecular weight excluding hydrogens is 454 g/mol. The molecule has 0 N–H and O–H groups in total. The minimum atomic E-state index is -0.529. The Kier molecular flexibility index (Phi) is 6.60. The topological polar surface area (TPSA) is 72.9 Å². The Morgan fingerprint density at radius 3 is 2.48 bits per heavy atom. The first kappa shape index (κ1) is 18.4. The largest absolute Gasteiger partial charge is 0.469 e. The van der Waals surface area contributed by atoms with Crippen molar-refractivity contribution in [1.82, 2.24) is 4.90 Å². The molecule has 126 valence electrons. The van der Waals surface area contributed by atoms with Crippen LogP contribution in [0.3, 0.4) is 0 Å². The van der Waals surface area contributed by atoms with Gasteiger partial charge in [0.25, 0.3) is 5.91 Å². The van der Waals surface area contributed by atoms with Gasteiger partial charge in [-0.05, 0) is 50.8 Å². The zero-order valence-electron chi connectivity index (χ0n) is 12.3. The van der Waals surface area contributed by atoms with Crippen LogP contribution < -0.4 is 0 Å². The Morgan fingerprint density at radius 2 is 1.96 bits per heavy atom. The van der Waals surface area contributed by atoms with E-state index in [1.54, 1.807) is 11.0 Å². The summed E-state index contributed by atoms with van der Waals surface area (Å²) < 4.78 is 11.3. The zero-order valence-corrected chi connectivity index (χ0v) is 16.3. The first-order valence-electron chi connectivity index (χ1n) is 6.90. The van der Waals surface area contributed by atoms with E-state index in [1.165, 1.54) is 18.4 Å². The Bertz CT molecular complexity index is 591. The molecule has 0 saturated carbocycles. The number of rotatable bonds is 4. The van der Waals surface area contributed by atoms with Crippen LogP contribution in [0.25, 0.3) is 0 Å². The molecular formula is C14H15Br2NO5S. The van der Waals surface area contributed by atoms with Gasteiger partial charge in [0.2, 0.25) is 0 Å². The fourth-order valence-corrected chi connectivity index (χ4v) is 4.20. The van der Waals surface area contributed by atoms with Crippen LogP contribution in [0.15, 0.2) is 14.3 Å². The number of hydrogen-bond donors (Lipinski definition) is 0. The molecule has 1 fully saturated rings. The van der Waals surface area contributed by atoms with Gasteiger partial charge in [0, 0.05) is 17.6 Å². The van der Waals surface area contributed by atoms with E-state index in [9.17, 15) is 14.4 Å². The van der Waals surface area contributed by atoms with E-state index < -0.39 is 5.97 Å². The molecule has 1 aromatic rings. The lowest BCUT2D eigenvalue weighted by Crippen LogP contribution is -2.42. The number of carbonyl (C=O) groups excluding carboxylic acids is 3. The smallest absolute Gasteiger partial charge is 0.348 e. The molecule has 0 radical (unpaired) electrons. The van der Waals surface area contributed by atoms with Crippen molar-refractivity contribution in [3.05, 3.63) is 19.2 Å². The van der Waals surface area contributed by atoms with Gasteiger partial charge in [-0.25, -0.2) is 4.79 Å². The normalized spacial score (nSPS) is 15.3. The third-order valence-electron chi connectivity index (χ3n) is 3.56. The monoisotopic (exact) mass is 467 g/mol. The van der Waals surface area contributed by atoms with Crippen LogP contribution in [-0.4, -0.2) is 49.6 Å². The minimum absolute atomic E-state index is 0.160. The van der Waals surface area contributed by atoms with E-state index in [0.29, 0.717) is 30.8 Å². The Morgan fingerprint density at radius 1 is 1.30 bits per heavy atom. The summed E-state index contributed by atoms with van der Waals surface area (Å²) >= 11 is 7.83. The van der Waals surface area contributed by atoms with Crippen molar-refractivity contribution in [2.24, 2.45) is 5.92 Å². The van der Waals surface area contributed by atoms with Crippen molar-refractivity contribution in [2.45, 2.75) is 12.8 Å². The van der Waals surface area contributed by atoms with Crippen LogP contribution in [-0.2, 0) is 19.1 Å². The number of piperidine rings is 1. The van der Waals surface area contributed by atoms with Crippen LogP contribution in [0.1, 0.15) is 22.5 Å². The van der Waals surface area contributed by atoms with Crippen LogP contribution in [0, 0.1) is 5.92 Å². The van der Waals surface area contributed by atoms with Crippen LogP contribution in [0.5, 0.6) is 0 Å². The van der Waals surface area contributed by atoms with Crippen LogP contribution in [0.2, 0.25) is 0 Å². The number of methoxy groups -OCH3 is 1. The lowest BCUT2D eigenvalue weighted by Gasteiger charge is -2.30. The van der Waals surface area contributed by atoms with Gasteiger partial charge in [0.1, 0.15) is 4.88 Å².